The van der Waals surface area contributed by atoms with Crippen LogP contribution in [0.3, 0.4) is 0 Å². The van der Waals surface area contributed by atoms with Crippen LogP contribution in [0.2, 0.25) is 5.02 Å². The molecule has 7 nitrogen and oxygen atoms in total. The third kappa shape index (κ3) is 5.21. The highest BCUT2D eigenvalue weighted by Crippen LogP contribution is 2.31. The van der Waals surface area contributed by atoms with E-state index in [0.29, 0.717) is 32.9 Å². The van der Waals surface area contributed by atoms with Crippen molar-refractivity contribution in [3.63, 3.8) is 0 Å². The zero-order valence-corrected chi connectivity index (χ0v) is 22.9. The van der Waals surface area contributed by atoms with Gasteiger partial charge in [0.05, 0.1) is 27.7 Å². The zero-order chi connectivity index (χ0) is 26.9. The van der Waals surface area contributed by atoms with E-state index in [-0.39, 0.29) is 17.5 Å². The third-order valence-electron chi connectivity index (χ3n) is 7.97. The summed E-state index contributed by atoms with van der Waals surface area (Å²) in [7, 11) is 0. The fourth-order valence-corrected chi connectivity index (χ4v) is 6.19. The number of rotatable bonds is 5. The molecule has 0 radical (unpaired) electrons. The van der Waals surface area contributed by atoms with E-state index >= 15 is 0 Å². The summed E-state index contributed by atoms with van der Waals surface area (Å²) in [5, 5.41) is 9.14. The van der Waals surface area contributed by atoms with Gasteiger partial charge in [0.15, 0.2) is 5.82 Å². The van der Waals surface area contributed by atoms with Crippen LogP contribution in [0.25, 0.3) is 16.6 Å². The number of halogens is 1. The number of fused-ring (bicyclic) bond motifs is 2. The predicted octanol–water partition coefficient (Wildman–Crippen LogP) is 5.54. The highest BCUT2D eigenvalue weighted by Gasteiger charge is 2.23. The van der Waals surface area contributed by atoms with Crippen LogP contribution in [0, 0.1) is 6.92 Å². The molecule has 0 spiro atoms. The van der Waals surface area contributed by atoms with Gasteiger partial charge < -0.3 is 5.32 Å². The number of likely N-dealkylation sites (tertiary alicyclic amines) is 1. The first-order chi connectivity index (χ1) is 19.0. The van der Waals surface area contributed by atoms with E-state index in [0.717, 1.165) is 25.8 Å². The molecule has 2 aromatic carbocycles. The predicted molar refractivity (Wildman–Crippen MR) is 154 cm³/mol. The van der Waals surface area contributed by atoms with Gasteiger partial charge in [0.1, 0.15) is 0 Å². The second kappa shape index (κ2) is 10.9. The molecule has 0 saturated carbocycles. The number of carbonyl (C=O) groups is 1. The largest absolute Gasteiger partial charge is 0.345 e. The van der Waals surface area contributed by atoms with Gasteiger partial charge in [-0.2, -0.15) is 9.78 Å². The molecule has 2 aliphatic rings. The summed E-state index contributed by atoms with van der Waals surface area (Å²) in [6.45, 7) is 5.20. The summed E-state index contributed by atoms with van der Waals surface area (Å²) in [4.78, 5) is 33.3. The van der Waals surface area contributed by atoms with Crippen molar-refractivity contribution in [2.45, 2.75) is 58.0 Å². The minimum Gasteiger partial charge on any atom is -0.345 e. The maximum Gasteiger partial charge on any atom is 0.282 e. The van der Waals surface area contributed by atoms with Crippen LogP contribution in [0.5, 0.6) is 0 Å². The second-order valence-electron chi connectivity index (χ2n) is 10.7. The zero-order valence-electron chi connectivity index (χ0n) is 22.1. The lowest BCUT2D eigenvalue weighted by Crippen LogP contribution is -2.31. The summed E-state index contributed by atoms with van der Waals surface area (Å²) < 4.78 is 1.24. The Bertz CT molecular complexity index is 1590. The van der Waals surface area contributed by atoms with Crippen molar-refractivity contribution in [1.29, 1.82) is 0 Å². The highest BCUT2D eigenvalue weighted by atomic mass is 35.5. The number of nitrogens with zero attached hydrogens (tertiary/aromatic N) is 4. The van der Waals surface area contributed by atoms with Crippen molar-refractivity contribution in [2.75, 3.05) is 13.1 Å². The molecule has 4 aromatic rings. The van der Waals surface area contributed by atoms with Crippen LogP contribution in [-0.4, -0.2) is 38.7 Å². The first kappa shape index (κ1) is 25.7. The molecule has 200 valence electrons. The molecule has 1 saturated heterocycles. The maximum atomic E-state index is 13.2. The van der Waals surface area contributed by atoms with Gasteiger partial charge in [-0.3, -0.25) is 14.5 Å². The summed E-state index contributed by atoms with van der Waals surface area (Å²) >= 11 is 6.32. The molecule has 0 bridgehead atoms. The molecule has 6 rings (SSSR count). The number of benzene rings is 2. The number of piperidine rings is 1. The molecule has 39 heavy (non-hydrogen) atoms. The van der Waals surface area contributed by atoms with Crippen molar-refractivity contribution in [2.24, 2.45) is 0 Å². The van der Waals surface area contributed by atoms with E-state index in [4.69, 9.17) is 11.6 Å². The van der Waals surface area contributed by atoms with Crippen molar-refractivity contribution in [3.05, 3.63) is 98.1 Å². The second-order valence-corrected chi connectivity index (χ2v) is 11.1. The molecular weight excluding hydrogens is 510 g/mol. The number of hydrogen-bond acceptors (Lipinski definition) is 5. The van der Waals surface area contributed by atoms with Gasteiger partial charge in [0, 0.05) is 18.1 Å². The number of aryl methyl sites for hydroxylation is 2. The number of nitrogens with one attached hydrogen (secondary N) is 1. The molecule has 1 aliphatic carbocycles. The number of aromatic nitrogens is 3. The van der Waals surface area contributed by atoms with E-state index in [2.05, 4.69) is 38.5 Å². The van der Waals surface area contributed by atoms with Gasteiger partial charge in [-0.25, -0.2) is 4.98 Å². The van der Waals surface area contributed by atoms with E-state index in [1.54, 1.807) is 24.3 Å². The van der Waals surface area contributed by atoms with E-state index in [9.17, 15) is 9.59 Å². The van der Waals surface area contributed by atoms with Crippen LogP contribution >= 0.6 is 11.6 Å². The Morgan fingerprint density at radius 3 is 2.72 bits per heavy atom. The van der Waals surface area contributed by atoms with Crippen LogP contribution in [0.1, 0.15) is 70.9 Å². The van der Waals surface area contributed by atoms with E-state index in [1.165, 1.54) is 59.9 Å². The first-order valence-corrected chi connectivity index (χ1v) is 14.2. The quantitative estimate of drug-likeness (QED) is 0.359. The van der Waals surface area contributed by atoms with E-state index in [1.807, 2.05) is 13.0 Å². The third-order valence-corrected chi connectivity index (χ3v) is 8.28. The maximum absolute atomic E-state index is 13.2. The molecule has 0 unspecified atom stereocenters. The summed E-state index contributed by atoms with van der Waals surface area (Å²) in [6, 6.07) is 15.4. The number of hydrogen-bond donors (Lipinski definition) is 1. The summed E-state index contributed by atoms with van der Waals surface area (Å²) in [5.41, 5.74) is 4.67. The fraction of sp³-hybridized carbons (Fsp3) is 0.355. The van der Waals surface area contributed by atoms with Crippen molar-refractivity contribution >= 4 is 28.3 Å². The normalized spacial score (nSPS) is 17.6. The Morgan fingerprint density at radius 1 is 1.08 bits per heavy atom. The van der Waals surface area contributed by atoms with Crippen molar-refractivity contribution < 1.29 is 4.79 Å². The molecule has 3 heterocycles. The summed E-state index contributed by atoms with van der Waals surface area (Å²) in [5.74, 6) is 0.160. The van der Waals surface area contributed by atoms with Crippen molar-refractivity contribution in [3.8, 4) is 5.82 Å². The molecule has 1 N–H and O–H groups in total. The monoisotopic (exact) mass is 541 g/mol. The van der Waals surface area contributed by atoms with Crippen LogP contribution in [0.4, 0.5) is 0 Å². The van der Waals surface area contributed by atoms with Gasteiger partial charge in [0.2, 0.25) is 0 Å². The molecule has 1 amide bonds. The standard InChI is InChI=1S/C31H32ClN5O2/c1-20-24-8-6-9-26(32)29(24)31(39)37(35-20)28-14-12-23(18-33-28)30(38)34-27-10-5-7-22-17-21(11-13-25(22)27)19-36-15-3-2-4-16-36/h6,8-9,11-14,17-18,27H,2-5,7,10,15-16,19H2,1H3,(H,34,38)/t27-/m1/s1. The lowest BCUT2D eigenvalue weighted by Gasteiger charge is -2.29. The molecule has 2 aromatic heterocycles. The average Bonchev–Trinajstić information content (AvgIpc) is 2.95. The average molecular weight is 542 g/mol. The van der Waals surface area contributed by atoms with Gasteiger partial charge >= 0.3 is 0 Å². The lowest BCUT2D eigenvalue weighted by atomic mass is 9.86. The summed E-state index contributed by atoms with van der Waals surface area (Å²) in [6.07, 6.45) is 8.41. The molecule has 1 atom stereocenters. The number of amides is 1. The Kier molecular flexibility index (Phi) is 7.19. The Balaban J connectivity index is 1.19. The topological polar surface area (TPSA) is 80.1 Å². The fourth-order valence-electron chi connectivity index (χ4n) is 5.93. The Morgan fingerprint density at radius 2 is 1.92 bits per heavy atom. The van der Waals surface area contributed by atoms with Crippen molar-refractivity contribution in [1.82, 2.24) is 25.0 Å². The molecule has 1 aliphatic heterocycles. The highest BCUT2D eigenvalue weighted by molar-refractivity contribution is 6.35. The smallest absolute Gasteiger partial charge is 0.282 e. The van der Waals surface area contributed by atoms with E-state index < -0.39 is 0 Å². The minimum atomic E-state index is -0.343. The van der Waals surface area contributed by atoms with Crippen LogP contribution < -0.4 is 10.9 Å². The SMILES string of the molecule is Cc1nn(-c2ccc(C(=O)N[C@@H]3CCCc4cc(CN5CCCCC5)ccc43)cn2)c(=O)c2c(Cl)cccc12. The van der Waals surface area contributed by atoms with Crippen LogP contribution in [0.15, 0.2) is 59.5 Å². The van der Waals surface area contributed by atoms with Gasteiger partial charge in [-0.15, -0.1) is 0 Å². The van der Waals surface area contributed by atoms with Crippen LogP contribution in [-0.2, 0) is 13.0 Å². The number of carbonyl (C=O) groups excluding carboxylic acids is 1. The minimum absolute atomic E-state index is 0.0282. The Hall–Kier alpha value is -3.55. The number of pyridine rings is 1. The van der Waals surface area contributed by atoms with Gasteiger partial charge in [-0.1, -0.05) is 48.4 Å². The molecule has 8 heteroatoms. The van der Waals surface area contributed by atoms with Gasteiger partial charge in [0.25, 0.3) is 11.5 Å². The molecule has 1 fully saturated rings. The lowest BCUT2D eigenvalue weighted by molar-refractivity contribution is 0.0932. The first-order valence-electron chi connectivity index (χ1n) is 13.8. The van der Waals surface area contributed by atoms with Gasteiger partial charge in [-0.05, 0) is 87.0 Å². The molecular formula is C31H32ClN5O2. The Labute approximate surface area is 232 Å².